The molecule has 0 bridgehead atoms. The third-order valence-corrected chi connectivity index (χ3v) is 4.32. The van der Waals surface area contributed by atoms with Crippen molar-refractivity contribution in [2.75, 3.05) is 6.54 Å². The standard InChI is InChI=1S/C15H27N/c1-12-10-15(12,11-16-14(2,3)4)13-8-6-5-7-9-13/h8,12,16H,5-7,9-11H2,1-4H3. The zero-order valence-corrected chi connectivity index (χ0v) is 11.4. The zero-order valence-electron chi connectivity index (χ0n) is 11.4. The molecule has 2 unspecified atom stereocenters. The van der Waals surface area contributed by atoms with Crippen LogP contribution in [0.5, 0.6) is 0 Å². The van der Waals surface area contributed by atoms with Crippen molar-refractivity contribution in [2.24, 2.45) is 11.3 Å². The molecule has 0 radical (unpaired) electrons. The van der Waals surface area contributed by atoms with Crippen LogP contribution in [0, 0.1) is 11.3 Å². The Morgan fingerprint density at radius 2 is 2.06 bits per heavy atom. The van der Waals surface area contributed by atoms with Crippen LogP contribution in [0.4, 0.5) is 0 Å². The first kappa shape index (κ1) is 12.2. The molecule has 0 aliphatic heterocycles. The average Bonchev–Trinajstić information content (AvgIpc) is 2.89. The molecule has 0 aromatic heterocycles. The van der Waals surface area contributed by atoms with Gasteiger partial charge in [0.2, 0.25) is 0 Å². The molecular formula is C15H27N. The monoisotopic (exact) mass is 221 g/mol. The summed E-state index contributed by atoms with van der Waals surface area (Å²) in [6, 6.07) is 0. The minimum Gasteiger partial charge on any atom is -0.311 e. The Bertz CT molecular complexity index is 284. The van der Waals surface area contributed by atoms with Gasteiger partial charge in [0, 0.05) is 17.5 Å². The van der Waals surface area contributed by atoms with Gasteiger partial charge in [-0.1, -0.05) is 18.6 Å². The lowest BCUT2D eigenvalue weighted by molar-refractivity contribution is 0.363. The molecule has 1 nitrogen and oxygen atoms in total. The molecule has 0 saturated heterocycles. The highest BCUT2D eigenvalue weighted by molar-refractivity contribution is 5.27. The van der Waals surface area contributed by atoms with E-state index in [-0.39, 0.29) is 5.54 Å². The molecule has 1 saturated carbocycles. The first-order chi connectivity index (χ1) is 7.44. The van der Waals surface area contributed by atoms with E-state index in [2.05, 4.69) is 39.1 Å². The minimum atomic E-state index is 0.255. The maximum absolute atomic E-state index is 3.71. The SMILES string of the molecule is CC1CC1(CNC(C)(C)C)C1=CCCCC1. The highest BCUT2D eigenvalue weighted by Crippen LogP contribution is 2.59. The van der Waals surface area contributed by atoms with Crippen LogP contribution >= 0.6 is 0 Å². The van der Waals surface area contributed by atoms with Crippen LogP contribution in [0.25, 0.3) is 0 Å². The summed E-state index contributed by atoms with van der Waals surface area (Å²) >= 11 is 0. The summed E-state index contributed by atoms with van der Waals surface area (Å²) in [6.07, 6.45) is 9.44. The maximum Gasteiger partial charge on any atom is 0.00968 e. The largest absolute Gasteiger partial charge is 0.311 e. The Hall–Kier alpha value is -0.300. The van der Waals surface area contributed by atoms with E-state index in [1.165, 1.54) is 38.6 Å². The summed E-state index contributed by atoms with van der Waals surface area (Å²) in [4.78, 5) is 0. The van der Waals surface area contributed by atoms with Gasteiger partial charge in [-0.25, -0.2) is 0 Å². The smallest absolute Gasteiger partial charge is 0.00968 e. The van der Waals surface area contributed by atoms with E-state index in [9.17, 15) is 0 Å². The summed E-state index contributed by atoms with van der Waals surface area (Å²) in [7, 11) is 0. The second kappa shape index (κ2) is 4.18. The van der Waals surface area contributed by atoms with Crippen molar-refractivity contribution in [1.82, 2.24) is 5.32 Å². The van der Waals surface area contributed by atoms with Crippen LogP contribution < -0.4 is 5.32 Å². The van der Waals surface area contributed by atoms with Crippen LogP contribution in [-0.4, -0.2) is 12.1 Å². The van der Waals surface area contributed by atoms with Gasteiger partial charge in [-0.3, -0.25) is 0 Å². The number of nitrogens with one attached hydrogen (secondary N) is 1. The summed E-state index contributed by atoms with van der Waals surface area (Å²) in [5.74, 6) is 0.895. The molecule has 2 aliphatic rings. The lowest BCUT2D eigenvalue weighted by Crippen LogP contribution is -2.40. The van der Waals surface area contributed by atoms with Gasteiger partial charge in [0.1, 0.15) is 0 Å². The predicted octanol–water partition coefficient (Wildman–Crippen LogP) is 3.90. The highest BCUT2D eigenvalue weighted by atomic mass is 15.0. The van der Waals surface area contributed by atoms with Gasteiger partial charge >= 0.3 is 0 Å². The Kier molecular flexibility index (Phi) is 3.18. The van der Waals surface area contributed by atoms with Crippen molar-refractivity contribution in [3.8, 4) is 0 Å². The highest BCUT2D eigenvalue weighted by Gasteiger charge is 2.53. The summed E-state index contributed by atoms with van der Waals surface area (Å²) in [5, 5.41) is 3.71. The topological polar surface area (TPSA) is 12.0 Å². The Labute approximate surface area is 101 Å². The molecule has 2 rings (SSSR count). The van der Waals surface area contributed by atoms with Crippen molar-refractivity contribution >= 4 is 0 Å². The van der Waals surface area contributed by atoms with Crippen LogP contribution in [0.2, 0.25) is 0 Å². The first-order valence-electron chi connectivity index (χ1n) is 6.89. The lowest BCUT2D eigenvalue weighted by Gasteiger charge is -2.29. The van der Waals surface area contributed by atoms with Crippen molar-refractivity contribution in [1.29, 1.82) is 0 Å². The van der Waals surface area contributed by atoms with E-state index < -0.39 is 0 Å². The van der Waals surface area contributed by atoms with Gasteiger partial charge in [0.05, 0.1) is 0 Å². The number of allylic oxidation sites excluding steroid dienone is 1. The molecule has 0 amide bonds. The molecule has 1 fully saturated rings. The van der Waals surface area contributed by atoms with Crippen LogP contribution in [0.3, 0.4) is 0 Å². The van der Waals surface area contributed by atoms with E-state index in [4.69, 9.17) is 0 Å². The summed E-state index contributed by atoms with van der Waals surface area (Å²) in [6.45, 7) is 10.4. The molecule has 0 spiro atoms. The van der Waals surface area contributed by atoms with E-state index in [0.717, 1.165) is 5.92 Å². The fourth-order valence-electron chi connectivity index (χ4n) is 3.01. The number of rotatable bonds is 3. The Morgan fingerprint density at radius 3 is 2.50 bits per heavy atom. The average molecular weight is 221 g/mol. The van der Waals surface area contributed by atoms with E-state index in [0.29, 0.717) is 5.41 Å². The second-order valence-corrected chi connectivity index (χ2v) is 6.84. The summed E-state index contributed by atoms with van der Waals surface area (Å²) < 4.78 is 0. The molecule has 2 aliphatic carbocycles. The van der Waals surface area contributed by atoms with Gasteiger partial charge in [-0.05, 0) is 58.8 Å². The molecule has 0 aromatic rings. The molecule has 1 heteroatoms. The maximum atomic E-state index is 3.71. The predicted molar refractivity (Wildman–Crippen MR) is 70.5 cm³/mol. The molecular weight excluding hydrogens is 194 g/mol. The fourth-order valence-corrected chi connectivity index (χ4v) is 3.01. The molecule has 92 valence electrons. The quantitative estimate of drug-likeness (QED) is 0.713. The molecule has 16 heavy (non-hydrogen) atoms. The molecule has 1 N–H and O–H groups in total. The van der Waals surface area contributed by atoms with Gasteiger partial charge in [-0.2, -0.15) is 0 Å². The van der Waals surface area contributed by atoms with Crippen molar-refractivity contribution < 1.29 is 0 Å². The van der Waals surface area contributed by atoms with Crippen LogP contribution in [-0.2, 0) is 0 Å². The van der Waals surface area contributed by atoms with Gasteiger partial charge in [0.25, 0.3) is 0 Å². The van der Waals surface area contributed by atoms with Crippen molar-refractivity contribution in [2.45, 2.75) is 65.3 Å². The first-order valence-corrected chi connectivity index (χ1v) is 6.89. The summed E-state index contributed by atoms with van der Waals surface area (Å²) in [5.41, 5.74) is 2.56. The van der Waals surface area contributed by atoms with Gasteiger partial charge < -0.3 is 5.32 Å². The fraction of sp³-hybridized carbons (Fsp3) is 0.867. The van der Waals surface area contributed by atoms with Crippen LogP contribution in [0.1, 0.15) is 59.8 Å². The van der Waals surface area contributed by atoms with E-state index >= 15 is 0 Å². The number of hydrogen-bond acceptors (Lipinski definition) is 1. The van der Waals surface area contributed by atoms with Crippen molar-refractivity contribution in [3.63, 3.8) is 0 Å². The van der Waals surface area contributed by atoms with Crippen molar-refractivity contribution in [3.05, 3.63) is 11.6 Å². The number of hydrogen-bond donors (Lipinski definition) is 1. The van der Waals surface area contributed by atoms with E-state index in [1.807, 2.05) is 0 Å². The van der Waals surface area contributed by atoms with Gasteiger partial charge in [0.15, 0.2) is 0 Å². The van der Waals surface area contributed by atoms with Crippen LogP contribution in [0.15, 0.2) is 11.6 Å². The Morgan fingerprint density at radius 1 is 1.38 bits per heavy atom. The molecule has 0 aromatic carbocycles. The second-order valence-electron chi connectivity index (χ2n) is 6.84. The normalized spacial score (nSPS) is 34.8. The van der Waals surface area contributed by atoms with Gasteiger partial charge in [-0.15, -0.1) is 0 Å². The molecule has 2 atom stereocenters. The third-order valence-electron chi connectivity index (χ3n) is 4.32. The Balaban J connectivity index is 2.00. The van der Waals surface area contributed by atoms with E-state index in [1.54, 1.807) is 5.57 Å². The minimum absolute atomic E-state index is 0.255. The third kappa shape index (κ3) is 2.51. The zero-order chi connectivity index (χ0) is 11.8. The lowest BCUT2D eigenvalue weighted by atomic mass is 9.84. The molecule has 0 heterocycles.